The molecule has 41 heavy (non-hydrogen) atoms. The van der Waals surface area contributed by atoms with Gasteiger partial charge in [-0.2, -0.15) is 0 Å². The predicted octanol–water partition coefficient (Wildman–Crippen LogP) is 10.9. The van der Waals surface area contributed by atoms with Gasteiger partial charge in [-0.3, -0.25) is 0 Å². The number of rotatable bonds is 7. The summed E-state index contributed by atoms with van der Waals surface area (Å²) in [5.41, 5.74) is 5.82. The maximum Gasteiger partial charge on any atom is 0.0366 e. The Bertz CT molecular complexity index is 1730. The van der Waals surface area contributed by atoms with Crippen molar-refractivity contribution < 1.29 is 8.22 Å². The van der Waals surface area contributed by atoms with E-state index in [0.717, 1.165) is 27.8 Å². The monoisotopic (exact) mass is 550 g/mol. The largest absolute Gasteiger partial charge is 0.0622 e. The molecule has 0 amide bonds. The number of aryl methyl sites for hydroxylation is 3. The highest BCUT2D eigenvalue weighted by Crippen LogP contribution is 2.31. The molecule has 0 aliphatic carbocycles. The first-order valence-electron chi connectivity index (χ1n) is 17.8. The first-order valence-corrected chi connectivity index (χ1v) is 14.8. The van der Waals surface area contributed by atoms with Gasteiger partial charge in [-0.1, -0.05) is 153 Å². The molecule has 0 spiro atoms. The lowest BCUT2D eigenvalue weighted by Gasteiger charge is -2.24. The van der Waals surface area contributed by atoms with E-state index in [-0.39, 0.29) is 22.7 Å². The van der Waals surface area contributed by atoms with E-state index in [1.54, 1.807) is 12.1 Å². The van der Waals surface area contributed by atoms with E-state index in [9.17, 15) is 5.48 Å². The van der Waals surface area contributed by atoms with Crippen LogP contribution in [0.15, 0.2) is 84.9 Å². The number of hydrogen-bond acceptors (Lipinski definition) is 0. The molecule has 0 aromatic heterocycles. The molecule has 0 N–H and O–H groups in total. The molecule has 0 bridgehead atoms. The van der Waals surface area contributed by atoms with Gasteiger partial charge in [0.05, 0.1) is 0 Å². The Morgan fingerprint density at radius 2 is 0.854 bits per heavy atom. The van der Waals surface area contributed by atoms with Gasteiger partial charge in [0.1, 0.15) is 0 Å². The lowest BCUT2D eigenvalue weighted by atomic mass is 9.81. The zero-order valence-corrected chi connectivity index (χ0v) is 26.8. The van der Waals surface area contributed by atoms with Crippen molar-refractivity contribution in [2.75, 3.05) is 0 Å². The average molecular weight is 551 g/mol. The molecule has 0 unspecified atom stereocenters. The molecule has 4 aromatic rings. The van der Waals surface area contributed by atoms with Gasteiger partial charge in [-0.25, -0.2) is 0 Å². The summed E-state index contributed by atoms with van der Waals surface area (Å²) >= 11 is 0. The Hall–Kier alpha value is -3.12. The van der Waals surface area contributed by atoms with Gasteiger partial charge in [0.2, 0.25) is 0 Å². The molecular formula is C41H52. The molecule has 0 saturated heterocycles. The molecule has 216 valence electrons. The minimum Gasteiger partial charge on any atom is -0.0622 e. The highest BCUT2D eigenvalue weighted by atomic mass is 14.2. The normalized spacial score (nSPS) is 15.8. The Morgan fingerprint density at radius 3 is 1.32 bits per heavy atom. The summed E-state index contributed by atoms with van der Waals surface area (Å²) in [6, 6.07) is 26.3. The first-order chi connectivity index (χ1) is 21.3. The second-order valence-corrected chi connectivity index (χ2v) is 14.5. The molecule has 0 fully saturated rings. The van der Waals surface area contributed by atoms with Crippen LogP contribution in [-0.2, 0) is 41.8 Å². The predicted molar refractivity (Wildman–Crippen MR) is 180 cm³/mol. The summed E-state index contributed by atoms with van der Waals surface area (Å²) in [5.74, 6) is 0. The van der Waals surface area contributed by atoms with Crippen molar-refractivity contribution >= 4 is 0 Å². The van der Waals surface area contributed by atoms with E-state index in [2.05, 4.69) is 68.4 Å². The van der Waals surface area contributed by atoms with Crippen LogP contribution in [-0.4, -0.2) is 0 Å². The van der Waals surface area contributed by atoms with Gasteiger partial charge in [-0.15, -0.1) is 0 Å². The lowest BCUT2D eigenvalue weighted by Crippen LogP contribution is -2.14. The van der Waals surface area contributed by atoms with Crippen LogP contribution in [0.4, 0.5) is 0 Å². The standard InChI is InChI=1S/C41H52/c1-29-18-32(25-36(19-29)39(2,3)4)21-34-23-35(28-38(27-34)41(8,9)10)22-33-20-31(24-37(26-33)40(5,6)7)17-16-30-14-12-11-13-15-30/h11-15,18-20,23-28H,16-17,21-22H2,1-10H3/i17D2,21D2,22D2. The molecule has 4 aromatic carbocycles. The van der Waals surface area contributed by atoms with E-state index in [4.69, 9.17) is 2.74 Å². The van der Waals surface area contributed by atoms with Crippen molar-refractivity contribution in [2.24, 2.45) is 0 Å². The minimum atomic E-state index is -2.03. The fourth-order valence-electron chi connectivity index (χ4n) is 4.86. The van der Waals surface area contributed by atoms with Gasteiger partial charge in [0.25, 0.3) is 0 Å². The zero-order valence-electron chi connectivity index (χ0n) is 32.8. The molecule has 0 atom stereocenters. The smallest absolute Gasteiger partial charge is 0.0366 e. The third-order valence-corrected chi connectivity index (χ3v) is 7.46. The first kappa shape index (κ1) is 23.4. The fraction of sp³-hybridized carbons (Fsp3) is 0.415. The summed E-state index contributed by atoms with van der Waals surface area (Å²) < 4.78 is 56.3. The summed E-state index contributed by atoms with van der Waals surface area (Å²) in [5, 5.41) is 0. The molecule has 0 radical (unpaired) electrons. The minimum absolute atomic E-state index is 0.159. The Morgan fingerprint density at radius 1 is 0.463 bits per heavy atom. The third kappa shape index (κ3) is 8.68. The number of benzene rings is 4. The van der Waals surface area contributed by atoms with Gasteiger partial charge >= 0.3 is 0 Å². The molecule has 0 heterocycles. The van der Waals surface area contributed by atoms with Crippen LogP contribution >= 0.6 is 0 Å². The van der Waals surface area contributed by atoms with Crippen molar-refractivity contribution in [1.29, 1.82) is 0 Å². The summed E-state index contributed by atoms with van der Waals surface area (Å²) in [4.78, 5) is 0. The van der Waals surface area contributed by atoms with Crippen LogP contribution in [0.1, 0.15) is 126 Å². The van der Waals surface area contributed by atoms with Crippen LogP contribution in [0, 0.1) is 6.92 Å². The van der Waals surface area contributed by atoms with E-state index in [1.165, 1.54) is 0 Å². The van der Waals surface area contributed by atoms with E-state index in [1.807, 2.05) is 73.7 Å². The SMILES string of the molecule is [2H]C([2H])(Cc1ccccc1)c1cc(C(C)(C)C)cc(C([2H])([2H])c2cc(C(C)(C)C)cc(C([2H])([2H])c3cc(C)cc(C(C)(C)C)c3)c2)c1. The Balaban J connectivity index is 1.93. The van der Waals surface area contributed by atoms with Crippen molar-refractivity contribution in [3.8, 4) is 0 Å². The third-order valence-electron chi connectivity index (χ3n) is 7.46. The molecule has 0 heteroatoms. The van der Waals surface area contributed by atoms with Crippen molar-refractivity contribution in [3.63, 3.8) is 0 Å². The molecule has 0 nitrogen and oxygen atoms in total. The Labute approximate surface area is 259 Å². The topological polar surface area (TPSA) is 0 Å². The average Bonchev–Trinajstić information content (AvgIpc) is 2.95. The number of hydrogen-bond donors (Lipinski definition) is 0. The maximum atomic E-state index is 9.61. The summed E-state index contributed by atoms with van der Waals surface area (Å²) in [7, 11) is 0. The second-order valence-electron chi connectivity index (χ2n) is 14.5. The molecule has 0 saturated carbocycles. The van der Waals surface area contributed by atoms with Crippen LogP contribution in [0.25, 0.3) is 0 Å². The van der Waals surface area contributed by atoms with Crippen LogP contribution < -0.4 is 0 Å². The van der Waals surface area contributed by atoms with Gasteiger partial charge < -0.3 is 0 Å². The van der Waals surface area contributed by atoms with E-state index < -0.39 is 19.1 Å². The Kier molecular flexibility index (Phi) is 6.87. The van der Waals surface area contributed by atoms with Crippen molar-refractivity contribution in [3.05, 3.63) is 141 Å². The van der Waals surface area contributed by atoms with Crippen LogP contribution in [0.5, 0.6) is 0 Å². The second kappa shape index (κ2) is 12.0. The van der Waals surface area contributed by atoms with Gasteiger partial charge in [-0.05, 0) is 98.8 Å². The van der Waals surface area contributed by atoms with Crippen LogP contribution in [0.2, 0.25) is 0 Å². The molecule has 0 aliphatic rings. The van der Waals surface area contributed by atoms with E-state index >= 15 is 0 Å². The molecule has 0 aliphatic heterocycles. The van der Waals surface area contributed by atoms with Crippen LogP contribution in [0.3, 0.4) is 0 Å². The maximum absolute atomic E-state index is 9.61. The highest BCUT2D eigenvalue weighted by Gasteiger charge is 2.19. The van der Waals surface area contributed by atoms with Gasteiger partial charge in [0, 0.05) is 8.22 Å². The summed E-state index contributed by atoms with van der Waals surface area (Å²) in [6.45, 7) is 20.7. The quantitative estimate of drug-likeness (QED) is 0.215. The van der Waals surface area contributed by atoms with Crippen molar-refractivity contribution in [1.82, 2.24) is 0 Å². The zero-order chi connectivity index (χ0) is 35.4. The lowest BCUT2D eigenvalue weighted by molar-refractivity contribution is 0.587. The fourth-order valence-corrected chi connectivity index (χ4v) is 4.86. The molecule has 4 rings (SSSR count). The van der Waals surface area contributed by atoms with Gasteiger partial charge in [0.15, 0.2) is 0 Å². The summed E-state index contributed by atoms with van der Waals surface area (Å²) in [6.07, 6.45) is -5.49. The van der Waals surface area contributed by atoms with E-state index in [0.29, 0.717) is 27.8 Å². The highest BCUT2D eigenvalue weighted by molar-refractivity contribution is 5.43. The van der Waals surface area contributed by atoms with Crippen molar-refractivity contribution in [2.45, 2.75) is 111 Å². The molecular weight excluding hydrogens is 492 g/mol.